The standard InChI is InChI=1S/C26H24N2O5/c29-24(14-18(15-25(30)31)17-8-2-1-3-9-17)27-28-26(32)33-16-23-21-12-6-4-10-19(21)20-11-5-7-13-22(20)23/h1-13,18,23H,14-16H2,(H,27,29)(H,28,32)(H,30,31). The third-order valence-corrected chi connectivity index (χ3v) is 5.77. The summed E-state index contributed by atoms with van der Waals surface area (Å²) < 4.78 is 5.39. The van der Waals surface area contributed by atoms with Crippen LogP contribution in [-0.2, 0) is 14.3 Å². The van der Waals surface area contributed by atoms with Crippen LogP contribution in [0.25, 0.3) is 11.1 Å². The Kier molecular flexibility index (Phi) is 6.69. The van der Waals surface area contributed by atoms with Crippen LogP contribution in [0.2, 0.25) is 0 Å². The van der Waals surface area contributed by atoms with Gasteiger partial charge in [-0.1, -0.05) is 78.9 Å². The number of hydrogen-bond donors (Lipinski definition) is 3. The maximum Gasteiger partial charge on any atom is 0.426 e. The van der Waals surface area contributed by atoms with E-state index in [1.54, 1.807) is 24.3 Å². The van der Waals surface area contributed by atoms with E-state index in [0.717, 1.165) is 27.8 Å². The highest BCUT2D eigenvalue weighted by Crippen LogP contribution is 2.44. The molecule has 0 heterocycles. The van der Waals surface area contributed by atoms with Crippen LogP contribution in [0.1, 0.15) is 41.4 Å². The lowest BCUT2D eigenvalue weighted by Crippen LogP contribution is -2.42. The number of fused-ring (bicyclic) bond motifs is 3. The number of carboxylic acids is 1. The molecule has 168 valence electrons. The molecule has 1 atom stereocenters. The number of carbonyl (C=O) groups excluding carboxylic acids is 2. The minimum absolute atomic E-state index is 0.0834. The summed E-state index contributed by atoms with van der Waals surface area (Å²) in [5, 5.41) is 9.17. The fraction of sp³-hybridized carbons (Fsp3) is 0.192. The predicted molar refractivity (Wildman–Crippen MR) is 122 cm³/mol. The van der Waals surface area contributed by atoms with E-state index in [4.69, 9.17) is 9.84 Å². The molecule has 0 aliphatic heterocycles. The number of aliphatic carboxylic acids is 1. The van der Waals surface area contributed by atoms with Crippen molar-refractivity contribution in [3.63, 3.8) is 0 Å². The van der Waals surface area contributed by atoms with Crippen LogP contribution in [0.3, 0.4) is 0 Å². The molecule has 2 amide bonds. The van der Waals surface area contributed by atoms with E-state index in [1.165, 1.54) is 0 Å². The number of benzene rings is 3. The van der Waals surface area contributed by atoms with E-state index >= 15 is 0 Å². The fourth-order valence-corrected chi connectivity index (χ4v) is 4.27. The third-order valence-electron chi connectivity index (χ3n) is 5.77. The number of amides is 2. The zero-order valence-electron chi connectivity index (χ0n) is 17.9. The molecule has 7 nitrogen and oxygen atoms in total. The topological polar surface area (TPSA) is 105 Å². The third kappa shape index (κ3) is 5.20. The van der Waals surface area contributed by atoms with E-state index in [9.17, 15) is 14.4 Å². The number of carbonyl (C=O) groups is 3. The molecule has 4 rings (SSSR count). The summed E-state index contributed by atoms with van der Waals surface area (Å²) in [4.78, 5) is 35.7. The summed E-state index contributed by atoms with van der Waals surface area (Å²) in [6, 6.07) is 25.0. The summed E-state index contributed by atoms with van der Waals surface area (Å²) in [5.41, 5.74) is 9.75. The Morgan fingerprint density at radius 3 is 1.97 bits per heavy atom. The van der Waals surface area contributed by atoms with Crippen molar-refractivity contribution in [1.29, 1.82) is 0 Å². The summed E-state index contributed by atoms with van der Waals surface area (Å²) in [6.45, 7) is 0.126. The summed E-state index contributed by atoms with van der Waals surface area (Å²) in [7, 11) is 0. The van der Waals surface area contributed by atoms with Gasteiger partial charge in [0.15, 0.2) is 0 Å². The fourth-order valence-electron chi connectivity index (χ4n) is 4.27. The number of hydrazine groups is 1. The first-order valence-electron chi connectivity index (χ1n) is 10.7. The van der Waals surface area contributed by atoms with Crippen LogP contribution in [-0.4, -0.2) is 29.7 Å². The van der Waals surface area contributed by atoms with Gasteiger partial charge in [-0.2, -0.15) is 0 Å². The Morgan fingerprint density at radius 1 is 0.788 bits per heavy atom. The molecule has 33 heavy (non-hydrogen) atoms. The summed E-state index contributed by atoms with van der Waals surface area (Å²) in [6.07, 6.45) is -1.05. The predicted octanol–water partition coefficient (Wildman–Crippen LogP) is 4.20. The van der Waals surface area contributed by atoms with Crippen molar-refractivity contribution in [2.45, 2.75) is 24.7 Å². The van der Waals surface area contributed by atoms with Crippen molar-refractivity contribution >= 4 is 18.0 Å². The zero-order chi connectivity index (χ0) is 23.2. The smallest absolute Gasteiger partial charge is 0.426 e. The van der Waals surface area contributed by atoms with Crippen molar-refractivity contribution in [3.8, 4) is 11.1 Å². The minimum atomic E-state index is -0.999. The minimum Gasteiger partial charge on any atom is -0.481 e. The van der Waals surface area contributed by atoms with Crippen molar-refractivity contribution in [2.24, 2.45) is 0 Å². The Balaban J connectivity index is 1.32. The molecule has 1 aliphatic rings. The van der Waals surface area contributed by atoms with E-state index < -0.39 is 23.9 Å². The first kappa shape index (κ1) is 22.1. The Morgan fingerprint density at radius 2 is 1.36 bits per heavy atom. The second kappa shape index (κ2) is 9.99. The van der Waals surface area contributed by atoms with Gasteiger partial charge in [-0.15, -0.1) is 0 Å². The van der Waals surface area contributed by atoms with Gasteiger partial charge in [0.05, 0.1) is 6.42 Å². The first-order chi connectivity index (χ1) is 16.0. The monoisotopic (exact) mass is 444 g/mol. The molecule has 0 fully saturated rings. The molecule has 3 aromatic rings. The molecule has 7 heteroatoms. The number of hydrogen-bond acceptors (Lipinski definition) is 4. The van der Waals surface area contributed by atoms with Crippen molar-refractivity contribution in [1.82, 2.24) is 10.9 Å². The average Bonchev–Trinajstić information content (AvgIpc) is 3.15. The van der Waals surface area contributed by atoms with E-state index in [1.807, 2.05) is 42.5 Å². The van der Waals surface area contributed by atoms with Crippen LogP contribution in [0, 0.1) is 0 Å². The van der Waals surface area contributed by atoms with E-state index in [-0.39, 0.29) is 25.4 Å². The lowest BCUT2D eigenvalue weighted by atomic mass is 9.92. The van der Waals surface area contributed by atoms with Gasteiger partial charge in [0, 0.05) is 18.3 Å². The second-order valence-corrected chi connectivity index (χ2v) is 7.91. The molecule has 0 spiro atoms. The van der Waals surface area contributed by atoms with Gasteiger partial charge in [0.1, 0.15) is 6.61 Å². The maximum absolute atomic E-state index is 12.3. The molecule has 1 unspecified atom stereocenters. The highest BCUT2D eigenvalue weighted by atomic mass is 16.6. The molecule has 0 saturated carbocycles. The molecule has 0 bridgehead atoms. The molecule has 0 saturated heterocycles. The molecule has 3 N–H and O–H groups in total. The van der Waals surface area contributed by atoms with Gasteiger partial charge in [0.25, 0.3) is 0 Å². The van der Waals surface area contributed by atoms with Gasteiger partial charge in [-0.05, 0) is 27.8 Å². The van der Waals surface area contributed by atoms with Gasteiger partial charge in [-0.3, -0.25) is 15.0 Å². The molecule has 1 aliphatic carbocycles. The number of carboxylic acid groups (broad SMARTS) is 1. The SMILES string of the molecule is O=C(O)CC(CC(=O)NNC(=O)OCC1c2ccccc2-c2ccccc21)c1ccccc1. The molecular weight excluding hydrogens is 420 g/mol. The molecular formula is C26H24N2O5. The number of ether oxygens (including phenoxy) is 1. The Bertz CT molecular complexity index is 1120. The Hall–Kier alpha value is -4.13. The second-order valence-electron chi connectivity index (χ2n) is 7.91. The van der Waals surface area contributed by atoms with Crippen molar-refractivity contribution in [3.05, 3.63) is 95.6 Å². The van der Waals surface area contributed by atoms with Crippen LogP contribution < -0.4 is 10.9 Å². The van der Waals surface area contributed by atoms with E-state index in [0.29, 0.717) is 0 Å². The van der Waals surface area contributed by atoms with Gasteiger partial charge >= 0.3 is 12.1 Å². The lowest BCUT2D eigenvalue weighted by molar-refractivity contribution is -0.137. The molecule has 0 aromatic heterocycles. The lowest BCUT2D eigenvalue weighted by Gasteiger charge is -2.16. The molecule has 3 aromatic carbocycles. The largest absolute Gasteiger partial charge is 0.481 e. The quantitative estimate of drug-likeness (QED) is 0.474. The number of nitrogens with one attached hydrogen (secondary N) is 2. The van der Waals surface area contributed by atoms with Crippen LogP contribution in [0.4, 0.5) is 4.79 Å². The summed E-state index contributed by atoms with van der Waals surface area (Å²) >= 11 is 0. The van der Waals surface area contributed by atoms with Crippen LogP contribution >= 0.6 is 0 Å². The number of rotatable bonds is 7. The average molecular weight is 444 g/mol. The maximum atomic E-state index is 12.3. The van der Waals surface area contributed by atoms with Gasteiger partial charge in [0.2, 0.25) is 5.91 Å². The van der Waals surface area contributed by atoms with Crippen LogP contribution in [0.15, 0.2) is 78.9 Å². The van der Waals surface area contributed by atoms with Crippen molar-refractivity contribution < 1.29 is 24.2 Å². The molecule has 0 radical (unpaired) electrons. The summed E-state index contributed by atoms with van der Waals surface area (Å²) in [5.74, 6) is -2.09. The van der Waals surface area contributed by atoms with Gasteiger partial charge in [-0.25, -0.2) is 10.2 Å². The van der Waals surface area contributed by atoms with Crippen LogP contribution in [0.5, 0.6) is 0 Å². The zero-order valence-corrected chi connectivity index (χ0v) is 17.9. The van der Waals surface area contributed by atoms with Crippen molar-refractivity contribution in [2.75, 3.05) is 6.61 Å². The highest BCUT2D eigenvalue weighted by molar-refractivity contribution is 5.81. The first-order valence-corrected chi connectivity index (χ1v) is 10.7. The normalized spacial score (nSPS) is 12.8. The highest BCUT2D eigenvalue weighted by Gasteiger charge is 2.29. The Labute approximate surface area is 191 Å². The van der Waals surface area contributed by atoms with E-state index in [2.05, 4.69) is 23.0 Å². The van der Waals surface area contributed by atoms with Gasteiger partial charge < -0.3 is 9.84 Å².